The summed E-state index contributed by atoms with van der Waals surface area (Å²) in [6.45, 7) is 3.03. The number of amides is 1. The number of nitrogens with one attached hydrogen (secondary N) is 2. The molecule has 1 amide bonds. The van der Waals surface area contributed by atoms with E-state index < -0.39 is 0 Å². The lowest BCUT2D eigenvalue weighted by atomic mass is 9.70. The summed E-state index contributed by atoms with van der Waals surface area (Å²) in [5.74, 6) is 0.932. The van der Waals surface area contributed by atoms with Crippen LogP contribution in [0.5, 0.6) is 0 Å². The fourth-order valence-electron chi connectivity index (χ4n) is 3.09. The third-order valence-electron chi connectivity index (χ3n) is 4.56. The van der Waals surface area contributed by atoms with Crippen molar-refractivity contribution in [2.45, 2.75) is 32.6 Å². The van der Waals surface area contributed by atoms with E-state index in [1.54, 1.807) is 0 Å². The van der Waals surface area contributed by atoms with Crippen LogP contribution in [0.3, 0.4) is 0 Å². The highest BCUT2D eigenvalue weighted by Crippen LogP contribution is 2.42. The maximum Gasteiger partial charge on any atom is 0.232 e. The molecule has 0 bridgehead atoms. The van der Waals surface area contributed by atoms with E-state index in [0.29, 0.717) is 0 Å². The second kappa shape index (κ2) is 4.82. The molecule has 1 aromatic rings. The topological polar surface area (TPSA) is 41.1 Å². The Morgan fingerprint density at radius 3 is 2.74 bits per heavy atom. The Labute approximate surface area is 122 Å². The minimum atomic E-state index is -0.224. The van der Waals surface area contributed by atoms with Crippen LogP contribution in [-0.2, 0) is 4.79 Å². The monoisotopic (exact) mass is 322 g/mol. The lowest BCUT2D eigenvalue weighted by molar-refractivity contribution is -0.126. The van der Waals surface area contributed by atoms with Gasteiger partial charge in [-0.1, -0.05) is 22.9 Å². The van der Waals surface area contributed by atoms with Gasteiger partial charge in [0.1, 0.15) is 0 Å². The van der Waals surface area contributed by atoms with Gasteiger partial charge in [0.05, 0.1) is 16.8 Å². The van der Waals surface area contributed by atoms with Crippen LogP contribution < -0.4 is 10.6 Å². The van der Waals surface area contributed by atoms with E-state index in [0.717, 1.165) is 54.0 Å². The van der Waals surface area contributed by atoms with Crippen LogP contribution >= 0.6 is 15.9 Å². The van der Waals surface area contributed by atoms with Gasteiger partial charge in [0, 0.05) is 11.0 Å². The largest absolute Gasteiger partial charge is 0.382 e. The molecule has 2 N–H and O–H groups in total. The summed E-state index contributed by atoms with van der Waals surface area (Å²) in [7, 11) is 0. The minimum Gasteiger partial charge on any atom is -0.382 e. The molecule has 1 aliphatic heterocycles. The highest BCUT2D eigenvalue weighted by Gasteiger charge is 2.42. The number of carbonyl (C=O) groups is 1. The normalized spacial score (nSPS) is 30.2. The van der Waals surface area contributed by atoms with Crippen molar-refractivity contribution in [3.63, 3.8) is 0 Å². The highest BCUT2D eigenvalue weighted by atomic mass is 79.9. The number of rotatable bonds is 0. The summed E-state index contributed by atoms with van der Waals surface area (Å²) in [5.41, 5.74) is 1.68. The zero-order chi connectivity index (χ0) is 13.5. The third-order valence-corrected chi connectivity index (χ3v) is 5.05. The van der Waals surface area contributed by atoms with Crippen molar-refractivity contribution in [2.24, 2.45) is 11.3 Å². The molecule has 0 atom stereocenters. The maximum atomic E-state index is 12.6. The zero-order valence-corrected chi connectivity index (χ0v) is 12.7. The molecule has 19 heavy (non-hydrogen) atoms. The average Bonchev–Trinajstić information content (AvgIpc) is 2.51. The standard InChI is InChI=1S/C15H19BrN2O/c1-10-4-6-15(7-5-10)9-17-12-3-2-11(16)8-13(12)18-14(15)19/h2-3,8,10,17H,4-7,9H2,1H3,(H,18,19). The number of hydrogen-bond acceptors (Lipinski definition) is 2. The van der Waals surface area contributed by atoms with Crippen molar-refractivity contribution in [1.82, 2.24) is 0 Å². The molecule has 3 nitrogen and oxygen atoms in total. The van der Waals surface area contributed by atoms with Crippen LogP contribution in [0.15, 0.2) is 22.7 Å². The Bertz CT molecular complexity index is 507. The first kappa shape index (κ1) is 13.0. The van der Waals surface area contributed by atoms with E-state index in [1.165, 1.54) is 0 Å². The first-order valence-corrected chi connectivity index (χ1v) is 7.73. The quantitative estimate of drug-likeness (QED) is 0.757. The molecule has 0 radical (unpaired) electrons. The number of fused-ring (bicyclic) bond motifs is 1. The molecule has 1 saturated carbocycles. The van der Waals surface area contributed by atoms with Gasteiger partial charge >= 0.3 is 0 Å². The second-order valence-electron chi connectivity index (χ2n) is 5.96. The zero-order valence-electron chi connectivity index (χ0n) is 11.1. The molecule has 4 heteroatoms. The third kappa shape index (κ3) is 2.38. The smallest absolute Gasteiger partial charge is 0.232 e. The molecule has 2 aliphatic rings. The molecule has 3 rings (SSSR count). The summed E-state index contributed by atoms with van der Waals surface area (Å²) in [4.78, 5) is 12.6. The van der Waals surface area contributed by atoms with Crippen LogP contribution in [-0.4, -0.2) is 12.5 Å². The Morgan fingerprint density at radius 1 is 1.26 bits per heavy atom. The van der Waals surface area contributed by atoms with E-state index >= 15 is 0 Å². The molecule has 1 heterocycles. The summed E-state index contributed by atoms with van der Waals surface area (Å²) in [5, 5.41) is 6.56. The van der Waals surface area contributed by atoms with Gasteiger partial charge < -0.3 is 10.6 Å². The van der Waals surface area contributed by atoms with Gasteiger partial charge in [-0.15, -0.1) is 0 Å². The van der Waals surface area contributed by atoms with Gasteiger partial charge in [-0.2, -0.15) is 0 Å². The van der Waals surface area contributed by atoms with Gasteiger partial charge in [0.15, 0.2) is 0 Å². The van der Waals surface area contributed by atoms with Crippen LogP contribution in [0.25, 0.3) is 0 Å². The predicted molar refractivity (Wildman–Crippen MR) is 81.3 cm³/mol. The second-order valence-corrected chi connectivity index (χ2v) is 6.88. The van der Waals surface area contributed by atoms with Gasteiger partial charge in [-0.3, -0.25) is 4.79 Å². The molecule has 0 aromatic heterocycles. The van der Waals surface area contributed by atoms with Gasteiger partial charge in [-0.25, -0.2) is 0 Å². The molecule has 1 aliphatic carbocycles. The number of anilines is 2. The number of hydrogen-bond donors (Lipinski definition) is 2. The molecule has 1 aromatic carbocycles. The number of benzene rings is 1. The fourth-order valence-corrected chi connectivity index (χ4v) is 3.45. The van der Waals surface area contributed by atoms with Crippen molar-refractivity contribution >= 4 is 33.2 Å². The minimum absolute atomic E-state index is 0.184. The SMILES string of the molecule is CC1CCC2(CC1)CNc1ccc(Br)cc1NC2=O. The Hall–Kier alpha value is -1.03. The van der Waals surface area contributed by atoms with Crippen LogP contribution in [0.2, 0.25) is 0 Å². The van der Waals surface area contributed by atoms with E-state index in [4.69, 9.17) is 0 Å². The number of carbonyl (C=O) groups excluding carboxylic acids is 1. The lowest BCUT2D eigenvalue weighted by Crippen LogP contribution is -2.42. The van der Waals surface area contributed by atoms with Crippen molar-refractivity contribution in [2.75, 3.05) is 17.2 Å². The average molecular weight is 323 g/mol. The Kier molecular flexibility index (Phi) is 3.29. The lowest BCUT2D eigenvalue weighted by Gasteiger charge is -2.36. The fraction of sp³-hybridized carbons (Fsp3) is 0.533. The maximum absolute atomic E-state index is 12.6. The van der Waals surface area contributed by atoms with Crippen LogP contribution in [0, 0.1) is 11.3 Å². The number of halogens is 1. The molecule has 1 spiro atoms. The van der Waals surface area contributed by atoms with E-state index in [1.807, 2.05) is 18.2 Å². The molecule has 0 unspecified atom stereocenters. The van der Waals surface area contributed by atoms with Crippen molar-refractivity contribution in [3.8, 4) is 0 Å². The van der Waals surface area contributed by atoms with E-state index in [-0.39, 0.29) is 11.3 Å². The van der Waals surface area contributed by atoms with Crippen molar-refractivity contribution in [3.05, 3.63) is 22.7 Å². The predicted octanol–water partition coefficient (Wildman–Crippen LogP) is 4.01. The highest BCUT2D eigenvalue weighted by molar-refractivity contribution is 9.10. The van der Waals surface area contributed by atoms with Crippen LogP contribution in [0.4, 0.5) is 11.4 Å². The molecular formula is C15H19BrN2O. The molecule has 1 fully saturated rings. The summed E-state index contributed by atoms with van der Waals surface area (Å²) >= 11 is 3.45. The first-order chi connectivity index (χ1) is 9.09. The van der Waals surface area contributed by atoms with Gasteiger partial charge in [0.25, 0.3) is 0 Å². The molecule has 102 valence electrons. The Morgan fingerprint density at radius 2 is 2.00 bits per heavy atom. The summed E-state index contributed by atoms with van der Waals surface area (Å²) < 4.78 is 0.988. The molecule has 0 saturated heterocycles. The van der Waals surface area contributed by atoms with E-state index in [9.17, 15) is 4.79 Å². The van der Waals surface area contributed by atoms with Crippen molar-refractivity contribution < 1.29 is 4.79 Å². The summed E-state index contributed by atoms with van der Waals surface area (Å²) in [6, 6.07) is 5.98. The van der Waals surface area contributed by atoms with Gasteiger partial charge in [-0.05, 0) is 49.8 Å². The van der Waals surface area contributed by atoms with Gasteiger partial charge in [0.2, 0.25) is 5.91 Å². The Balaban J connectivity index is 1.88. The first-order valence-electron chi connectivity index (χ1n) is 6.94. The van der Waals surface area contributed by atoms with Crippen LogP contribution in [0.1, 0.15) is 32.6 Å². The molecular weight excluding hydrogens is 304 g/mol. The summed E-state index contributed by atoms with van der Waals surface area (Å²) in [6.07, 6.45) is 4.27. The van der Waals surface area contributed by atoms with E-state index in [2.05, 4.69) is 33.5 Å². The van der Waals surface area contributed by atoms with Crippen molar-refractivity contribution in [1.29, 1.82) is 0 Å².